The monoisotopic (exact) mass is 416 g/mol. The van der Waals surface area contributed by atoms with Crippen LogP contribution in [0.5, 0.6) is 0 Å². The fourth-order valence-electron chi connectivity index (χ4n) is 2.47. The minimum Gasteiger partial charge on any atom is -0.368 e. The van der Waals surface area contributed by atoms with Gasteiger partial charge < -0.3 is 11.1 Å². The highest BCUT2D eigenvalue weighted by Gasteiger charge is 2.36. The van der Waals surface area contributed by atoms with Gasteiger partial charge in [0.05, 0.1) is 10.5 Å². The van der Waals surface area contributed by atoms with Crippen LogP contribution in [0.2, 0.25) is 0 Å². The minimum atomic E-state index is -4.90. The highest BCUT2D eigenvalue weighted by atomic mass is 32.2. The molecular weight excluding hydrogens is 404 g/mol. The van der Waals surface area contributed by atoms with E-state index in [1.807, 2.05) is 0 Å². The molecule has 0 aliphatic carbocycles. The molecule has 0 amide bonds. The van der Waals surface area contributed by atoms with Crippen molar-refractivity contribution in [2.75, 3.05) is 11.1 Å². The molecule has 0 radical (unpaired) electrons. The van der Waals surface area contributed by atoms with Gasteiger partial charge in [0, 0.05) is 11.3 Å². The zero-order chi connectivity index (χ0) is 20.7. The number of nitrogen functional groups attached to an aromatic ring is 1. The van der Waals surface area contributed by atoms with Crippen LogP contribution in [0.1, 0.15) is 5.56 Å². The first kappa shape index (κ1) is 19.6. The summed E-state index contributed by atoms with van der Waals surface area (Å²) < 4.78 is 77.8. The van der Waals surface area contributed by atoms with E-state index in [2.05, 4.69) is 20.5 Å². The molecule has 28 heavy (non-hydrogen) atoms. The smallest absolute Gasteiger partial charge is 0.368 e. The zero-order valence-corrected chi connectivity index (χ0v) is 14.6. The van der Waals surface area contributed by atoms with Crippen molar-refractivity contribution in [2.45, 2.75) is 11.1 Å². The summed E-state index contributed by atoms with van der Waals surface area (Å²) in [6, 6.07) is 5.57. The molecule has 6 N–H and O–H groups in total. The summed E-state index contributed by atoms with van der Waals surface area (Å²) in [6.45, 7) is 0. The largest absolute Gasteiger partial charge is 0.417 e. The molecule has 0 saturated carbocycles. The molecule has 0 unspecified atom stereocenters. The van der Waals surface area contributed by atoms with Crippen LogP contribution in [0.3, 0.4) is 0 Å². The molecule has 0 spiro atoms. The molecule has 0 atom stereocenters. The summed E-state index contributed by atoms with van der Waals surface area (Å²) in [6.07, 6.45) is -4.90. The lowest BCUT2D eigenvalue weighted by atomic mass is 9.98. The number of nitrogens with one attached hydrogen (secondary N) is 2. The molecule has 148 valence electrons. The Kier molecular flexibility index (Phi) is 4.72. The van der Waals surface area contributed by atoms with Crippen molar-refractivity contribution in [3.8, 4) is 11.1 Å². The van der Waals surface area contributed by atoms with Crippen molar-refractivity contribution in [1.29, 1.82) is 0 Å². The summed E-state index contributed by atoms with van der Waals surface area (Å²) in [5.41, 5.74) is 2.88. The molecule has 2 aromatic carbocycles. The van der Waals surface area contributed by atoms with E-state index < -0.39 is 33.1 Å². The van der Waals surface area contributed by atoms with Crippen LogP contribution in [0.25, 0.3) is 11.1 Å². The van der Waals surface area contributed by atoms with Crippen molar-refractivity contribution in [2.24, 2.45) is 5.14 Å². The predicted octanol–water partition coefficient (Wildman–Crippen LogP) is 2.60. The van der Waals surface area contributed by atoms with Crippen molar-refractivity contribution in [3.05, 3.63) is 47.8 Å². The first-order valence-corrected chi connectivity index (χ1v) is 8.98. The summed E-state index contributed by atoms with van der Waals surface area (Å²) in [5.74, 6) is -1.41. The van der Waals surface area contributed by atoms with E-state index in [1.54, 1.807) is 0 Å². The molecule has 1 heterocycles. The third kappa shape index (κ3) is 4.04. The van der Waals surface area contributed by atoms with Crippen molar-refractivity contribution < 1.29 is 26.0 Å². The van der Waals surface area contributed by atoms with Gasteiger partial charge in [-0.15, -0.1) is 5.10 Å². The second-order valence-electron chi connectivity index (χ2n) is 5.62. The first-order valence-electron chi connectivity index (χ1n) is 7.44. The van der Waals surface area contributed by atoms with Gasteiger partial charge in [-0.3, -0.25) is 0 Å². The van der Waals surface area contributed by atoms with Crippen LogP contribution in [0.4, 0.5) is 35.1 Å². The quantitative estimate of drug-likeness (QED) is 0.482. The lowest BCUT2D eigenvalue weighted by Gasteiger charge is -2.16. The number of anilines is 3. The van der Waals surface area contributed by atoms with E-state index >= 15 is 0 Å². The summed E-state index contributed by atoms with van der Waals surface area (Å²) >= 11 is 0. The van der Waals surface area contributed by atoms with Crippen molar-refractivity contribution in [1.82, 2.24) is 15.2 Å². The number of alkyl halides is 3. The Morgan fingerprint density at radius 2 is 1.75 bits per heavy atom. The summed E-state index contributed by atoms with van der Waals surface area (Å²) in [4.78, 5) is 3.35. The molecule has 0 bridgehead atoms. The SMILES string of the molecule is Nc1nc(Nc2cc(F)c(-c3ccc(S(N)(=O)=O)cc3)c(C(F)(F)F)c2)n[nH]1. The Morgan fingerprint density at radius 3 is 2.25 bits per heavy atom. The molecule has 3 aromatic rings. The maximum absolute atomic E-state index is 14.6. The van der Waals surface area contributed by atoms with Crippen molar-refractivity contribution in [3.63, 3.8) is 0 Å². The Hall–Kier alpha value is -3.19. The average Bonchev–Trinajstić information content (AvgIpc) is 2.98. The van der Waals surface area contributed by atoms with Gasteiger partial charge in [0.2, 0.25) is 21.9 Å². The predicted molar refractivity (Wildman–Crippen MR) is 92.3 cm³/mol. The maximum atomic E-state index is 14.6. The topological polar surface area (TPSA) is 140 Å². The van der Waals surface area contributed by atoms with E-state index in [0.29, 0.717) is 6.07 Å². The Bertz CT molecular complexity index is 1130. The molecular formula is C15H12F4N6O2S. The fourth-order valence-corrected chi connectivity index (χ4v) is 2.98. The summed E-state index contributed by atoms with van der Waals surface area (Å²) in [5, 5.41) is 13.3. The maximum Gasteiger partial charge on any atom is 0.417 e. The number of nitrogens with zero attached hydrogens (tertiary/aromatic N) is 2. The molecule has 1 aromatic heterocycles. The number of nitrogens with two attached hydrogens (primary N) is 2. The van der Waals surface area contributed by atoms with Gasteiger partial charge >= 0.3 is 6.18 Å². The molecule has 0 aliphatic rings. The number of primary sulfonamides is 1. The van der Waals surface area contributed by atoms with Gasteiger partial charge in [0.15, 0.2) is 0 Å². The van der Waals surface area contributed by atoms with Gasteiger partial charge in [0.1, 0.15) is 5.82 Å². The number of rotatable bonds is 4. The first-order chi connectivity index (χ1) is 12.9. The lowest BCUT2D eigenvalue weighted by Crippen LogP contribution is -2.12. The summed E-state index contributed by atoms with van der Waals surface area (Å²) in [7, 11) is -4.04. The van der Waals surface area contributed by atoms with E-state index in [-0.39, 0.29) is 28.0 Å². The number of aromatic amines is 1. The highest BCUT2D eigenvalue weighted by molar-refractivity contribution is 7.89. The molecule has 0 aliphatic heterocycles. The standard InChI is InChI=1S/C15H12F4N6O2S/c16-11-6-8(22-14-23-13(20)24-25-14)5-10(15(17,18)19)12(11)7-1-3-9(4-2-7)28(21,26)27/h1-6H,(H2,21,26,27)(H4,20,22,23,24,25). The van der Waals surface area contributed by atoms with Crippen LogP contribution in [0, 0.1) is 5.82 Å². The van der Waals surface area contributed by atoms with E-state index in [4.69, 9.17) is 10.9 Å². The number of hydrogen-bond donors (Lipinski definition) is 4. The number of hydrogen-bond acceptors (Lipinski definition) is 6. The van der Waals surface area contributed by atoms with Crippen molar-refractivity contribution >= 4 is 27.6 Å². The van der Waals surface area contributed by atoms with E-state index in [1.165, 1.54) is 0 Å². The van der Waals surface area contributed by atoms with E-state index in [0.717, 1.165) is 30.3 Å². The molecule has 3 rings (SSSR count). The zero-order valence-electron chi connectivity index (χ0n) is 13.7. The van der Waals surface area contributed by atoms with Crippen LogP contribution < -0.4 is 16.2 Å². The van der Waals surface area contributed by atoms with Crippen LogP contribution in [-0.2, 0) is 16.2 Å². The fraction of sp³-hybridized carbons (Fsp3) is 0.0667. The lowest BCUT2D eigenvalue weighted by molar-refractivity contribution is -0.137. The number of H-pyrrole nitrogens is 1. The number of halogens is 4. The number of sulfonamides is 1. The van der Waals surface area contributed by atoms with E-state index in [9.17, 15) is 26.0 Å². The Morgan fingerprint density at radius 1 is 1.11 bits per heavy atom. The van der Waals surface area contributed by atoms with Gasteiger partial charge in [-0.25, -0.2) is 23.0 Å². The third-order valence-corrected chi connectivity index (χ3v) is 4.56. The second kappa shape index (κ2) is 6.76. The van der Waals surface area contributed by atoms with Gasteiger partial charge in [0.25, 0.3) is 0 Å². The average molecular weight is 416 g/mol. The number of benzene rings is 2. The normalized spacial score (nSPS) is 12.2. The molecule has 8 nitrogen and oxygen atoms in total. The highest BCUT2D eigenvalue weighted by Crippen LogP contribution is 2.40. The van der Waals surface area contributed by atoms with Gasteiger partial charge in [-0.2, -0.15) is 18.2 Å². The Labute approximate surface area is 155 Å². The molecule has 0 fully saturated rings. The third-order valence-electron chi connectivity index (χ3n) is 3.63. The van der Waals surface area contributed by atoms with Gasteiger partial charge in [-0.05, 0) is 29.8 Å². The minimum absolute atomic E-state index is 0.0782. The van der Waals surface area contributed by atoms with Crippen LogP contribution in [0.15, 0.2) is 41.3 Å². The second-order valence-corrected chi connectivity index (χ2v) is 7.18. The van der Waals surface area contributed by atoms with Crippen LogP contribution >= 0.6 is 0 Å². The Balaban J connectivity index is 2.10. The van der Waals surface area contributed by atoms with Crippen LogP contribution in [-0.4, -0.2) is 23.6 Å². The number of aromatic nitrogens is 3. The van der Waals surface area contributed by atoms with Gasteiger partial charge in [-0.1, -0.05) is 12.1 Å². The molecule has 0 saturated heterocycles. The molecule has 13 heteroatoms.